The number of hydrogen-bond acceptors (Lipinski definition) is 6. The summed E-state index contributed by atoms with van der Waals surface area (Å²) in [6, 6.07) is 6.60. The summed E-state index contributed by atoms with van der Waals surface area (Å²) < 4.78 is 9.84. The van der Waals surface area contributed by atoms with Gasteiger partial charge in [-0.1, -0.05) is 24.3 Å². The van der Waals surface area contributed by atoms with Gasteiger partial charge in [0.15, 0.2) is 0 Å². The van der Waals surface area contributed by atoms with E-state index >= 15 is 0 Å². The van der Waals surface area contributed by atoms with Crippen LogP contribution in [-0.4, -0.2) is 42.3 Å². The van der Waals surface area contributed by atoms with E-state index in [1.165, 1.54) is 12.0 Å². The van der Waals surface area contributed by atoms with E-state index in [1.807, 2.05) is 12.2 Å². The summed E-state index contributed by atoms with van der Waals surface area (Å²) in [6.07, 6.45) is 4.94. The molecule has 0 aromatic heterocycles. The van der Waals surface area contributed by atoms with E-state index in [0.29, 0.717) is 24.0 Å². The van der Waals surface area contributed by atoms with E-state index in [1.54, 1.807) is 24.3 Å². The normalized spacial score (nSPS) is 21.1. The third-order valence-electron chi connectivity index (χ3n) is 4.89. The van der Waals surface area contributed by atoms with E-state index in [4.69, 9.17) is 4.74 Å². The lowest BCUT2D eigenvalue weighted by Crippen LogP contribution is -2.33. The molecule has 1 aromatic carbocycles. The van der Waals surface area contributed by atoms with Gasteiger partial charge < -0.3 is 9.47 Å². The molecule has 0 radical (unpaired) electrons. The predicted molar refractivity (Wildman–Crippen MR) is 94.3 cm³/mol. The molecule has 0 N–H and O–H groups in total. The molecule has 0 unspecified atom stereocenters. The molecule has 2 aliphatic rings. The number of benzene rings is 1. The zero-order chi connectivity index (χ0) is 19.4. The number of rotatable bonds is 6. The summed E-state index contributed by atoms with van der Waals surface area (Å²) in [7, 11) is 1.29. The number of carbonyl (C=O) groups excluding carboxylic acids is 4. The van der Waals surface area contributed by atoms with Crippen LogP contribution in [0.2, 0.25) is 0 Å². The second-order valence-electron chi connectivity index (χ2n) is 6.59. The molecule has 27 heavy (non-hydrogen) atoms. The number of allylic oxidation sites excluding steroid dienone is 2. The highest BCUT2D eigenvalue weighted by Gasteiger charge is 2.46. The van der Waals surface area contributed by atoms with Crippen LogP contribution in [-0.2, 0) is 30.5 Å². The molecule has 1 saturated heterocycles. The summed E-state index contributed by atoms with van der Waals surface area (Å²) in [4.78, 5) is 49.4. The average Bonchev–Trinajstić information content (AvgIpc) is 2.95. The predicted octanol–water partition coefficient (Wildman–Crippen LogP) is 1.86. The van der Waals surface area contributed by atoms with E-state index in [2.05, 4.69) is 4.74 Å². The van der Waals surface area contributed by atoms with Crippen LogP contribution < -0.4 is 0 Å². The lowest BCUT2D eigenvalue weighted by atomic mass is 9.85. The van der Waals surface area contributed by atoms with Gasteiger partial charge in [-0.3, -0.25) is 19.3 Å². The number of ether oxygens (including phenoxy) is 2. The molecule has 0 saturated carbocycles. The molecule has 2 amide bonds. The number of fused-ring (bicyclic) bond motifs is 1. The fourth-order valence-corrected chi connectivity index (χ4v) is 3.43. The van der Waals surface area contributed by atoms with Crippen LogP contribution in [0.3, 0.4) is 0 Å². The van der Waals surface area contributed by atoms with Gasteiger partial charge in [0.25, 0.3) is 0 Å². The quantitative estimate of drug-likeness (QED) is 0.431. The van der Waals surface area contributed by atoms with Crippen molar-refractivity contribution in [3.63, 3.8) is 0 Å². The Bertz CT molecular complexity index is 773. The smallest absolute Gasteiger partial charge is 0.337 e. The van der Waals surface area contributed by atoms with Gasteiger partial charge in [0, 0.05) is 6.54 Å². The van der Waals surface area contributed by atoms with Crippen molar-refractivity contribution >= 4 is 23.8 Å². The maximum Gasteiger partial charge on any atom is 0.337 e. The number of likely N-dealkylation sites (tertiary alicyclic amines) is 1. The molecule has 1 aromatic rings. The van der Waals surface area contributed by atoms with Crippen molar-refractivity contribution in [1.29, 1.82) is 0 Å². The SMILES string of the molecule is COC(=O)c1cccc(COC(=O)CCN2C(=O)[C@@H]3CC=CC[C@H]3C2=O)c1. The molecule has 7 nitrogen and oxygen atoms in total. The van der Waals surface area contributed by atoms with E-state index in [-0.39, 0.29) is 43.2 Å². The van der Waals surface area contributed by atoms with Gasteiger partial charge in [-0.2, -0.15) is 0 Å². The van der Waals surface area contributed by atoms with Crippen molar-refractivity contribution in [3.8, 4) is 0 Å². The minimum Gasteiger partial charge on any atom is -0.465 e. The van der Waals surface area contributed by atoms with Crippen LogP contribution in [0.5, 0.6) is 0 Å². The summed E-state index contributed by atoms with van der Waals surface area (Å²) in [5.41, 5.74) is 1.02. The number of nitrogens with zero attached hydrogens (tertiary/aromatic N) is 1. The van der Waals surface area contributed by atoms with Crippen molar-refractivity contribution in [2.75, 3.05) is 13.7 Å². The lowest BCUT2D eigenvalue weighted by Gasteiger charge is -2.14. The highest BCUT2D eigenvalue weighted by molar-refractivity contribution is 6.05. The second-order valence-corrected chi connectivity index (χ2v) is 6.59. The number of carbonyl (C=O) groups is 4. The third-order valence-corrected chi connectivity index (χ3v) is 4.89. The zero-order valence-corrected chi connectivity index (χ0v) is 15.1. The summed E-state index contributed by atoms with van der Waals surface area (Å²) in [6.45, 7) is 0.0342. The van der Waals surface area contributed by atoms with Gasteiger partial charge in [0.2, 0.25) is 11.8 Å². The Morgan fingerprint density at radius 3 is 2.41 bits per heavy atom. The second kappa shape index (κ2) is 8.16. The summed E-state index contributed by atoms with van der Waals surface area (Å²) in [5.74, 6) is -1.96. The maximum absolute atomic E-state index is 12.3. The largest absolute Gasteiger partial charge is 0.465 e. The van der Waals surface area contributed by atoms with Gasteiger partial charge in [0.1, 0.15) is 6.61 Å². The Hall–Kier alpha value is -2.96. The molecule has 3 rings (SSSR count). The van der Waals surface area contributed by atoms with Gasteiger partial charge in [-0.05, 0) is 30.5 Å². The molecule has 7 heteroatoms. The Labute approximate surface area is 156 Å². The lowest BCUT2D eigenvalue weighted by molar-refractivity contribution is -0.146. The van der Waals surface area contributed by atoms with Crippen LogP contribution in [0.1, 0.15) is 35.2 Å². The molecule has 142 valence electrons. The van der Waals surface area contributed by atoms with Crippen LogP contribution in [0.4, 0.5) is 0 Å². The molecule has 1 heterocycles. The molecule has 1 aliphatic carbocycles. The van der Waals surface area contributed by atoms with Crippen molar-refractivity contribution in [2.45, 2.75) is 25.9 Å². The first kappa shape index (κ1) is 18.8. The standard InChI is InChI=1S/C20H21NO6/c1-26-20(25)14-6-4-5-13(11-14)12-27-17(22)9-10-21-18(23)15-7-2-3-8-16(15)19(21)24/h2-6,11,15-16H,7-10,12H2,1H3/t15-,16-/m1/s1. The first-order valence-electron chi connectivity index (χ1n) is 8.84. The Balaban J connectivity index is 1.50. The molecular weight excluding hydrogens is 350 g/mol. The number of methoxy groups -OCH3 is 1. The topological polar surface area (TPSA) is 90.0 Å². The van der Waals surface area contributed by atoms with Crippen molar-refractivity contribution in [1.82, 2.24) is 4.90 Å². The van der Waals surface area contributed by atoms with E-state index in [9.17, 15) is 19.2 Å². The van der Waals surface area contributed by atoms with Crippen molar-refractivity contribution in [2.24, 2.45) is 11.8 Å². The van der Waals surface area contributed by atoms with Gasteiger partial charge in [-0.15, -0.1) is 0 Å². The maximum atomic E-state index is 12.3. The number of imide groups is 1. The minimum atomic E-state index is -0.507. The molecule has 2 atom stereocenters. The average molecular weight is 371 g/mol. The first-order valence-corrected chi connectivity index (χ1v) is 8.84. The highest BCUT2D eigenvalue weighted by atomic mass is 16.5. The van der Waals surface area contributed by atoms with E-state index < -0.39 is 11.9 Å². The van der Waals surface area contributed by atoms with Crippen molar-refractivity contribution in [3.05, 3.63) is 47.5 Å². The van der Waals surface area contributed by atoms with Gasteiger partial charge in [0.05, 0.1) is 30.9 Å². The third kappa shape index (κ3) is 4.07. The van der Waals surface area contributed by atoms with Gasteiger partial charge >= 0.3 is 11.9 Å². The molecule has 1 aliphatic heterocycles. The number of esters is 2. The zero-order valence-electron chi connectivity index (χ0n) is 15.1. The molecular formula is C20H21NO6. The molecule has 0 bridgehead atoms. The van der Waals surface area contributed by atoms with Crippen LogP contribution in [0, 0.1) is 11.8 Å². The van der Waals surface area contributed by atoms with Crippen LogP contribution in [0.15, 0.2) is 36.4 Å². The van der Waals surface area contributed by atoms with Gasteiger partial charge in [-0.25, -0.2) is 4.79 Å². The fraction of sp³-hybridized carbons (Fsp3) is 0.400. The van der Waals surface area contributed by atoms with E-state index in [0.717, 1.165) is 0 Å². The summed E-state index contributed by atoms with van der Waals surface area (Å²) in [5, 5.41) is 0. The van der Waals surface area contributed by atoms with Crippen molar-refractivity contribution < 1.29 is 28.7 Å². The minimum absolute atomic E-state index is 0.000725. The Morgan fingerprint density at radius 1 is 1.11 bits per heavy atom. The fourth-order valence-electron chi connectivity index (χ4n) is 3.43. The number of hydrogen-bond donors (Lipinski definition) is 0. The Morgan fingerprint density at radius 2 is 1.78 bits per heavy atom. The highest BCUT2D eigenvalue weighted by Crippen LogP contribution is 2.35. The number of amides is 2. The van der Waals surface area contributed by atoms with Crippen LogP contribution >= 0.6 is 0 Å². The summed E-state index contributed by atoms with van der Waals surface area (Å²) >= 11 is 0. The monoisotopic (exact) mass is 371 g/mol. The first-order chi connectivity index (χ1) is 13.0. The molecule has 1 fully saturated rings. The molecule has 0 spiro atoms. The Kier molecular flexibility index (Phi) is 5.69. The van der Waals surface area contributed by atoms with Crippen LogP contribution in [0.25, 0.3) is 0 Å².